The normalized spacial score (nSPS) is 8.60. The number of amides is 2. The van der Waals surface area contributed by atoms with Gasteiger partial charge in [0.2, 0.25) is 0 Å². The van der Waals surface area contributed by atoms with E-state index < -0.39 is 11.8 Å². The number of hydrogen-bond donors (Lipinski definition) is 3. The highest BCUT2D eigenvalue weighted by Gasteiger charge is 2.02. The van der Waals surface area contributed by atoms with E-state index in [1.165, 1.54) is 6.07 Å². The summed E-state index contributed by atoms with van der Waals surface area (Å²) in [7, 11) is 0. The van der Waals surface area contributed by atoms with Crippen LogP contribution in [0.25, 0.3) is 0 Å². The molecule has 0 unspecified atom stereocenters. The molecule has 0 aliphatic rings. The Morgan fingerprint density at radius 2 is 2.07 bits per heavy atom. The fourth-order valence-electron chi connectivity index (χ4n) is 0.955. The minimum Gasteiger partial charge on any atom is -0.359 e. The topological polar surface area (TPSA) is 98.2 Å². The summed E-state index contributed by atoms with van der Waals surface area (Å²) in [5, 5.41) is 0. The van der Waals surface area contributed by atoms with Crippen LogP contribution in [0.2, 0.25) is 0 Å². The van der Waals surface area contributed by atoms with E-state index in [-0.39, 0.29) is 0 Å². The van der Waals surface area contributed by atoms with Crippen molar-refractivity contribution < 1.29 is 9.59 Å². The average Bonchev–Trinajstić information content (AvgIpc) is 2.25. The van der Waals surface area contributed by atoms with E-state index in [0.29, 0.717) is 11.1 Å². The van der Waals surface area contributed by atoms with Gasteiger partial charge in [0.15, 0.2) is 0 Å². The summed E-state index contributed by atoms with van der Waals surface area (Å²) in [6.07, 6.45) is 0. The van der Waals surface area contributed by atoms with Crippen molar-refractivity contribution in [2.24, 2.45) is 11.6 Å². The molecule has 0 aromatic heterocycles. The number of benzene rings is 1. The number of hydrazine groups is 1. The van der Waals surface area contributed by atoms with E-state index in [2.05, 4.69) is 11.8 Å². The van der Waals surface area contributed by atoms with E-state index in [1.54, 1.807) is 18.2 Å². The summed E-state index contributed by atoms with van der Waals surface area (Å²) in [6.45, 7) is 0. The SMILES string of the molecule is NNC(=O)c1cccc(C#CC(N)=O)c1. The van der Waals surface area contributed by atoms with E-state index in [4.69, 9.17) is 11.6 Å². The van der Waals surface area contributed by atoms with Crippen LogP contribution >= 0.6 is 0 Å². The number of nitrogen functional groups attached to an aromatic ring is 1. The molecule has 0 heterocycles. The molecular formula is C10H9N3O2. The smallest absolute Gasteiger partial charge is 0.293 e. The first-order chi connectivity index (χ1) is 7.13. The van der Waals surface area contributed by atoms with Gasteiger partial charge in [0.25, 0.3) is 11.8 Å². The Kier molecular flexibility index (Phi) is 3.43. The van der Waals surface area contributed by atoms with Gasteiger partial charge in [0.1, 0.15) is 0 Å². The monoisotopic (exact) mass is 203 g/mol. The first-order valence-corrected chi connectivity index (χ1v) is 4.06. The van der Waals surface area contributed by atoms with Crippen LogP contribution in [-0.4, -0.2) is 11.8 Å². The molecule has 0 aliphatic heterocycles. The quantitative estimate of drug-likeness (QED) is 0.239. The molecule has 0 bridgehead atoms. The molecule has 5 N–H and O–H groups in total. The van der Waals surface area contributed by atoms with Crippen LogP contribution in [0.3, 0.4) is 0 Å². The summed E-state index contributed by atoms with van der Waals surface area (Å²) in [4.78, 5) is 21.5. The summed E-state index contributed by atoms with van der Waals surface area (Å²) in [5.41, 5.74) is 7.74. The Balaban J connectivity index is 2.99. The number of nitrogens with two attached hydrogens (primary N) is 2. The molecule has 76 valence electrons. The van der Waals surface area contributed by atoms with Gasteiger partial charge in [0.05, 0.1) is 0 Å². The van der Waals surface area contributed by atoms with Crippen molar-refractivity contribution in [1.29, 1.82) is 0 Å². The van der Waals surface area contributed by atoms with E-state index in [1.807, 2.05) is 5.43 Å². The second-order valence-electron chi connectivity index (χ2n) is 2.67. The third-order valence-corrected chi connectivity index (χ3v) is 1.59. The highest BCUT2D eigenvalue weighted by Crippen LogP contribution is 2.03. The minimum atomic E-state index is -0.719. The van der Waals surface area contributed by atoms with Gasteiger partial charge in [0, 0.05) is 11.1 Å². The zero-order chi connectivity index (χ0) is 11.3. The first-order valence-electron chi connectivity index (χ1n) is 4.06. The number of rotatable bonds is 1. The van der Waals surface area contributed by atoms with E-state index >= 15 is 0 Å². The Bertz CT molecular complexity index is 457. The lowest BCUT2D eigenvalue weighted by Crippen LogP contribution is -2.29. The summed E-state index contributed by atoms with van der Waals surface area (Å²) >= 11 is 0. The molecule has 0 saturated heterocycles. The molecule has 5 heteroatoms. The van der Waals surface area contributed by atoms with Crippen molar-refractivity contribution in [1.82, 2.24) is 5.43 Å². The lowest BCUT2D eigenvalue weighted by Gasteiger charge is -1.98. The average molecular weight is 203 g/mol. The maximum Gasteiger partial charge on any atom is 0.293 e. The van der Waals surface area contributed by atoms with Crippen molar-refractivity contribution in [3.8, 4) is 11.8 Å². The van der Waals surface area contributed by atoms with Gasteiger partial charge >= 0.3 is 0 Å². The number of hydrogen-bond acceptors (Lipinski definition) is 3. The Labute approximate surface area is 86.4 Å². The molecule has 1 rings (SSSR count). The largest absolute Gasteiger partial charge is 0.359 e. The molecule has 0 spiro atoms. The van der Waals surface area contributed by atoms with Crippen molar-refractivity contribution in [2.75, 3.05) is 0 Å². The maximum atomic E-state index is 11.1. The van der Waals surface area contributed by atoms with Crippen LogP contribution in [0.5, 0.6) is 0 Å². The summed E-state index contributed by atoms with van der Waals surface area (Å²) in [5.74, 6) is 8.52. The molecule has 0 saturated carbocycles. The van der Waals surface area contributed by atoms with Crippen LogP contribution in [-0.2, 0) is 4.79 Å². The lowest BCUT2D eigenvalue weighted by atomic mass is 10.1. The Hall–Kier alpha value is -2.32. The third kappa shape index (κ3) is 3.14. The molecule has 5 nitrogen and oxygen atoms in total. The highest BCUT2D eigenvalue weighted by molar-refractivity contribution is 5.95. The fourth-order valence-corrected chi connectivity index (χ4v) is 0.955. The standard InChI is InChI=1S/C10H9N3O2/c11-9(14)5-4-7-2-1-3-8(6-7)10(15)13-12/h1-3,6H,12H2,(H2,11,14)(H,13,15). The maximum absolute atomic E-state index is 11.1. The van der Waals surface area contributed by atoms with Gasteiger partial charge in [-0.1, -0.05) is 12.0 Å². The molecule has 0 atom stereocenters. The molecule has 1 aromatic rings. The van der Waals surface area contributed by atoms with Crippen LogP contribution in [0.4, 0.5) is 0 Å². The first kappa shape index (κ1) is 10.8. The zero-order valence-electron chi connectivity index (χ0n) is 7.78. The molecule has 0 aliphatic carbocycles. The Morgan fingerprint density at radius 1 is 1.33 bits per heavy atom. The van der Waals surface area contributed by atoms with Crippen molar-refractivity contribution in [3.63, 3.8) is 0 Å². The third-order valence-electron chi connectivity index (χ3n) is 1.59. The fraction of sp³-hybridized carbons (Fsp3) is 0. The molecule has 0 radical (unpaired) electrons. The van der Waals surface area contributed by atoms with Gasteiger partial charge in [-0.2, -0.15) is 0 Å². The molecule has 15 heavy (non-hydrogen) atoms. The summed E-state index contributed by atoms with van der Waals surface area (Å²) in [6, 6.07) is 6.38. The predicted molar refractivity (Wildman–Crippen MR) is 54.2 cm³/mol. The molecular weight excluding hydrogens is 194 g/mol. The molecule has 1 aromatic carbocycles. The lowest BCUT2D eigenvalue weighted by molar-refractivity contribution is -0.112. The second kappa shape index (κ2) is 4.79. The van der Waals surface area contributed by atoms with Gasteiger partial charge in [-0.15, -0.1) is 0 Å². The summed E-state index contributed by atoms with van der Waals surface area (Å²) < 4.78 is 0. The van der Waals surface area contributed by atoms with E-state index in [9.17, 15) is 9.59 Å². The van der Waals surface area contributed by atoms with Crippen molar-refractivity contribution >= 4 is 11.8 Å². The number of carbonyl (C=O) groups is 2. The van der Waals surface area contributed by atoms with Gasteiger partial charge in [-0.3, -0.25) is 15.0 Å². The van der Waals surface area contributed by atoms with Gasteiger partial charge in [-0.25, -0.2) is 5.84 Å². The number of nitrogens with one attached hydrogen (secondary N) is 1. The van der Waals surface area contributed by atoms with Crippen LogP contribution in [0.15, 0.2) is 24.3 Å². The Morgan fingerprint density at radius 3 is 2.67 bits per heavy atom. The van der Waals surface area contributed by atoms with Crippen LogP contribution in [0.1, 0.15) is 15.9 Å². The van der Waals surface area contributed by atoms with Crippen molar-refractivity contribution in [2.45, 2.75) is 0 Å². The second-order valence-corrected chi connectivity index (χ2v) is 2.67. The molecule has 2 amide bonds. The van der Waals surface area contributed by atoms with Gasteiger partial charge < -0.3 is 5.73 Å². The minimum absolute atomic E-state index is 0.369. The predicted octanol–water partition coefficient (Wildman–Crippen LogP) is -0.873. The van der Waals surface area contributed by atoms with E-state index in [0.717, 1.165) is 0 Å². The van der Waals surface area contributed by atoms with Crippen LogP contribution in [0, 0.1) is 11.8 Å². The highest BCUT2D eigenvalue weighted by atomic mass is 16.2. The van der Waals surface area contributed by atoms with Crippen LogP contribution < -0.4 is 17.0 Å². The van der Waals surface area contributed by atoms with Gasteiger partial charge in [-0.05, 0) is 24.1 Å². The zero-order valence-corrected chi connectivity index (χ0v) is 7.78. The van der Waals surface area contributed by atoms with Crippen molar-refractivity contribution in [3.05, 3.63) is 35.4 Å². The number of primary amides is 1. The molecule has 0 fully saturated rings. The number of carbonyl (C=O) groups excluding carboxylic acids is 2.